The van der Waals surface area contributed by atoms with E-state index in [0.29, 0.717) is 17.5 Å². The number of fused-ring (bicyclic) bond motifs is 1. The Morgan fingerprint density at radius 1 is 1.04 bits per heavy atom. The fourth-order valence-electron chi connectivity index (χ4n) is 3.73. The van der Waals surface area contributed by atoms with Crippen LogP contribution >= 0.6 is 0 Å². The average Bonchev–Trinajstić information content (AvgIpc) is 3.29. The van der Waals surface area contributed by atoms with Gasteiger partial charge in [-0.1, -0.05) is 26.0 Å². The molecule has 3 rings (SSSR count). The van der Waals surface area contributed by atoms with Crippen molar-refractivity contribution in [2.45, 2.75) is 45.6 Å². The number of carbonyl (C=O) groups excluding carboxylic acids is 4. The number of likely N-dealkylation sites (tertiary alicyclic amines) is 1. The minimum atomic E-state index is -0.537. The molecule has 2 aliphatic heterocycles. The van der Waals surface area contributed by atoms with Gasteiger partial charge in [-0.15, -0.1) is 0 Å². The van der Waals surface area contributed by atoms with Crippen LogP contribution in [0, 0.1) is 5.92 Å². The van der Waals surface area contributed by atoms with Crippen molar-refractivity contribution < 1.29 is 19.2 Å². The summed E-state index contributed by atoms with van der Waals surface area (Å²) < 4.78 is 0. The summed E-state index contributed by atoms with van der Waals surface area (Å²) in [6.45, 7) is 5.51. The molecule has 1 atom stereocenters. The Labute approximate surface area is 165 Å². The Morgan fingerprint density at radius 3 is 2.14 bits per heavy atom. The number of carbonyl (C=O) groups is 4. The molecular weight excluding hydrogens is 358 g/mol. The molecule has 0 spiro atoms. The summed E-state index contributed by atoms with van der Waals surface area (Å²) in [5, 5.41) is 2.84. The maximum atomic E-state index is 12.6. The number of amides is 4. The molecule has 0 radical (unpaired) electrons. The van der Waals surface area contributed by atoms with E-state index < -0.39 is 6.04 Å². The molecule has 1 aromatic rings. The number of rotatable bonds is 7. The Hall–Kier alpha value is -2.70. The summed E-state index contributed by atoms with van der Waals surface area (Å²) in [6.07, 6.45) is 2.53. The van der Waals surface area contributed by atoms with Crippen molar-refractivity contribution in [2.75, 3.05) is 19.6 Å². The van der Waals surface area contributed by atoms with Gasteiger partial charge < -0.3 is 10.2 Å². The lowest BCUT2D eigenvalue weighted by Gasteiger charge is -2.26. The predicted molar refractivity (Wildman–Crippen MR) is 104 cm³/mol. The second kappa shape index (κ2) is 8.54. The van der Waals surface area contributed by atoms with E-state index in [4.69, 9.17) is 0 Å². The lowest BCUT2D eigenvalue weighted by molar-refractivity contribution is -0.136. The third-order valence-electron chi connectivity index (χ3n) is 5.33. The van der Waals surface area contributed by atoms with Gasteiger partial charge in [-0.05, 0) is 37.3 Å². The minimum Gasteiger partial charge on any atom is -0.344 e. The number of benzene rings is 1. The molecule has 1 saturated heterocycles. The predicted octanol–water partition coefficient (Wildman–Crippen LogP) is 1.83. The first-order valence-electron chi connectivity index (χ1n) is 9.93. The van der Waals surface area contributed by atoms with Gasteiger partial charge in [-0.2, -0.15) is 0 Å². The molecule has 0 unspecified atom stereocenters. The van der Waals surface area contributed by atoms with Crippen LogP contribution in [0.4, 0.5) is 0 Å². The monoisotopic (exact) mass is 385 g/mol. The standard InChI is InChI=1S/C21H27N3O4/c1-14(2)18(21(28)23-11-5-6-12-23)22-17(25)10-7-13-24-19(26)15-8-3-4-9-16(15)20(24)27/h3-4,8-9,14,18H,5-7,10-13H2,1-2H3,(H,22,25)/t18-/m1/s1. The second-order valence-electron chi connectivity index (χ2n) is 7.73. The van der Waals surface area contributed by atoms with Crippen LogP contribution in [0.15, 0.2) is 24.3 Å². The van der Waals surface area contributed by atoms with Crippen LogP contribution in [0.3, 0.4) is 0 Å². The molecule has 28 heavy (non-hydrogen) atoms. The van der Waals surface area contributed by atoms with Crippen molar-refractivity contribution in [2.24, 2.45) is 5.92 Å². The van der Waals surface area contributed by atoms with E-state index in [1.54, 1.807) is 24.3 Å². The summed E-state index contributed by atoms with van der Waals surface area (Å²) >= 11 is 0. The van der Waals surface area contributed by atoms with Gasteiger partial charge in [-0.3, -0.25) is 24.1 Å². The highest BCUT2D eigenvalue weighted by Gasteiger charge is 2.35. The zero-order valence-electron chi connectivity index (χ0n) is 16.4. The largest absolute Gasteiger partial charge is 0.344 e. The Morgan fingerprint density at radius 2 is 1.61 bits per heavy atom. The second-order valence-corrected chi connectivity index (χ2v) is 7.73. The summed E-state index contributed by atoms with van der Waals surface area (Å²) in [5.74, 6) is -0.895. The smallest absolute Gasteiger partial charge is 0.261 e. The molecule has 7 nitrogen and oxygen atoms in total. The number of imide groups is 1. The summed E-state index contributed by atoms with van der Waals surface area (Å²) in [7, 11) is 0. The van der Waals surface area contributed by atoms with E-state index in [0.717, 1.165) is 25.9 Å². The van der Waals surface area contributed by atoms with E-state index >= 15 is 0 Å². The molecule has 0 aliphatic carbocycles. The highest BCUT2D eigenvalue weighted by atomic mass is 16.2. The van der Waals surface area contributed by atoms with E-state index in [1.807, 2.05) is 18.7 Å². The molecule has 4 amide bonds. The summed E-state index contributed by atoms with van der Waals surface area (Å²) in [4.78, 5) is 52.7. The lowest BCUT2D eigenvalue weighted by Crippen LogP contribution is -2.50. The van der Waals surface area contributed by atoms with Gasteiger partial charge >= 0.3 is 0 Å². The molecular formula is C21H27N3O4. The third-order valence-corrected chi connectivity index (χ3v) is 5.33. The van der Waals surface area contributed by atoms with E-state index in [9.17, 15) is 19.2 Å². The zero-order valence-corrected chi connectivity index (χ0v) is 16.4. The van der Waals surface area contributed by atoms with Crippen molar-refractivity contribution >= 4 is 23.6 Å². The van der Waals surface area contributed by atoms with Gasteiger partial charge in [0.15, 0.2) is 0 Å². The average molecular weight is 385 g/mol. The fraction of sp³-hybridized carbons (Fsp3) is 0.524. The quantitative estimate of drug-likeness (QED) is 0.726. The Balaban J connectivity index is 1.51. The van der Waals surface area contributed by atoms with Crippen LogP contribution in [0.2, 0.25) is 0 Å². The van der Waals surface area contributed by atoms with Crippen molar-refractivity contribution in [3.05, 3.63) is 35.4 Å². The molecule has 1 fully saturated rings. The highest BCUT2D eigenvalue weighted by Crippen LogP contribution is 2.22. The molecule has 1 aromatic carbocycles. The molecule has 150 valence electrons. The number of hydrogen-bond donors (Lipinski definition) is 1. The Kier molecular flexibility index (Phi) is 6.11. The summed E-state index contributed by atoms with van der Waals surface area (Å²) in [6, 6.07) is 6.19. The van der Waals surface area contributed by atoms with E-state index in [-0.39, 0.29) is 42.5 Å². The normalized spacial score (nSPS) is 17.2. The molecule has 7 heteroatoms. The van der Waals surface area contributed by atoms with Crippen molar-refractivity contribution in [3.63, 3.8) is 0 Å². The first kappa shape index (κ1) is 20.0. The van der Waals surface area contributed by atoms with Gasteiger partial charge in [0.25, 0.3) is 11.8 Å². The first-order valence-corrected chi connectivity index (χ1v) is 9.93. The Bertz CT molecular complexity index is 749. The molecule has 1 N–H and O–H groups in total. The first-order chi connectivity index (χ1) is 13.4. The van der Waals surface area contributed by atoms with E-state index in [2.05, 4.69) is 5.32 Å². The number of nitrogens with one attached hydrogen (secondary N) is 1. The van der Waals surface area contributed by atoms with Crippen LogP contribution in [0.1, 0.15) is 60.2 Å². The molecule has 2 heterocycles. The SMILES string of the molecule is CC(C)[C@@H](NC(=O)CCCN1C(=O)c2ccccc2C1=O)C(=O)N1CCCC1. The number of hydrogen-bond acceptors (Lipinski definition) is 4. The van der Waals surface area contributed by atoms with Gasteiger partial charge in [0.05, 0.1) is 11.1 Å². The highest BCUT2D eigenvalue weighted by molar-refractivity contribution is 6.21. The van der Waals surface area contributed by atoms with Crippen molar-refractivity contribution in [1.82, 2.24) is 15.1 Å². The molecule has 2 aliphatic rings. The topological polar surface area (TPSA) is 86.8 Å². The van der Waals surface area contributed by atoms with Crippen LogP contribution in [0.5, 0.6) is 0 Å². The maximum Gasteiger partial charge on any atom is 0.261 e. The van der Waals surface area contributed by atoms with Gasteiger partial charge in [-0.25, -0.2) is 0 Å². The molecule has 0 aromatic heterocycles. The summed E-state index contributed by atoms with van der Waals surface area (Å²) in [5.41, 5.74) is 0.820. The van der Waals surface area contributed by atoms with Gasteiger partial charge in [0.1, 0.15) is 6.04 Å². The molecule has 0 saturated carbocycles. The lowest BCUT2D eigenvalue weighted by atomic mass is 10.0. The van der Waals surface area contributed by atoms with E-state index in [1.165, 1.54) is 4.90 Å². The van der Waals surface area contributed by atoms with Crippen LogP contribution in [-0.4, -0.2) is 59.1 Å². The zero-order chi connectivity index (χ0) is 20.3. The van der Waals surface area contributed by atoms with Crippen LogP contribution in [-0.2, 0) is 9.59 Å². The third kappa shape index (κ3) is 4.08. The van der Waals surface area contributed by atoms with Crippen LogP contribution in [0.25, 0.3) is 0 Å². The molecule has 0 bridgehead atoms. The van der Waals surface area contributed by atoms with Crippen molar-refractivity contribution in [3.8, 4) is 0 Å². The number of nitrogens with zero attached hydrogens (tertiary/aromatic N) is 2. The van der Waals surface area contributed by atoms with Crippen LogP contribution < -0.4 is 5.32 Å². The minimum absolute atomic E-state index is 0.00622. The fourth-order valence-corrected chi connectivity index (χ4v) is 3.73. The van der Waals surface area contributed by atoms with Gasteiger partial charge in [0.2, 0.25) is 11.8 Å². The van der Waals surface area contributed by atoms with Crippen molar-refractivity contribution in [1.29, 1.82) is 0 Å². The van der Waals surface area contributed by atoms with Gasteiger partial charge in [0, 0.05) is 26.1 Å². The maximum absolute atomic E-state index is 12.6.